The Bertz CT molecular complexity index is 1710. The van der Waals surface area contributed by atoms with Crippen LogP contribution in [0.1, 0.15) is 11.1 Å². The predicted octanol–water partition coefficient (Wildman–Crippen LogP) is 5.12. The molecular weight excluding hydrogens is 478 g/mol. The highest BCUT2D eigenvalue weighted by atomic mass is 32.2. The van der Waals surface area contributed by atoms with Crippen LogP contribution in [0.4, 0.5) is 11.4 Å². The molecule has 0 fully saturated rings. The van der Waals surface area contributed by atoms with Gasteiger partial charge in [0, 0.05) is 28.7 Å². The van der Waals surface area contributed by atoms with Gasteiger partial charge in [-0.2, -0.15) is 0 Å². The number of hydrogen-bond donors (Lipinski definition) is 2. The number of para-hydroxylation sites is 1. The normalized spacial score (nSPS) is 11.2. The van der Waals surface area contributed by atoms with Crippen LogP contribution in [0.25, 0.3) is 27.6 Å². The van der Waals surface area contributed by atoms with E-state index >= 15 is 0 Å². The number of aromatic nitrogens is 3. The molecule has 0 radical (unpaired) electrons. The average molecular weight is 500 g/mol. The number of aromatic amines is 1. The number of nitrogens with zero attached hydrogens (tertiary/aromatic N) is 3. The predicted molar refractivity (Wildman–Crippen MR) is 141 cm³/mol. The molecule has 0 aliphatic carbocycles. The number of rotatable bonds is 6. The van der Waals surface area contributed by atoms with Gasteiger partial charge in [-0.15, -0.1) is 0 Å². The summed E-state index contributed by atoms with van der Waals surface area (Å²) >= 11 is 1.15. The summed E-state index contributed by atoms with van der Waals surface area (Å²) in [5.41, 5.74) is 4.49. The van der Waals surface area contributed by atoms with E-state index in [1.54, 1.807) is 4.57 Å². The second-order valence-electron chi connectivity index (χ2n) is 8.36. The highest BCUT2D eigenvalue weighted by Gasteiger charge is 2.19. The Morgan fingerprint density at radius 3 is 2.61 bits per heavy atom. The van der Waals surface area contributed by atoms with Gasteiger partial charge in [0.2, 0.25) is 5.91 Å². The van der Waals surface area contributed by atoms with E-state index in [4.69, 9.17) is 4.98 Å². The SMILES string of the molecule is Cc1ccc(C)c(-n2c(SCC(=O)Nc3ccc([N+](=O)[O-])cc3)nc3c([nH]c4ccccc43)c2=O)c1. The molecule has 36 heavy (non-hydrogen) atoms. The summed E-state index contributed by atoms with van der Waals surface area (Å²) in [5.74, 6) is -0.336. The van der Waals surface area contributed by atoms with Gasteiger partial charge in [-0.25, -0.2) is 4.98 Å². The molecule has 180 valence electrons. The van der Waals surface area contributed by atoms with Gasteiger partial charge in [0.05, 0.1) is 16.4 Å². The van der Waals surface area contributed by atoms with Crippen molar-refractivity contribution in [2.75, 3.05) is 11.1 Å². The number of non-ortho nitro benzene ring substituents is 1. The minimum atomic E-state index is -0.499. The molecule has 0 unspecified atom stereocenters. The molecule has 5 aromatic rings. The minimum Gasteiger partial charge on any atom is -0.349 e. The smallest absolute Gasteiger partial charge is 0.283 e. The first-order valence-electron chi connectivity index (χ1n) is 11.1. The average Bonchev–Trinajstić information content (AvgIpc) is 3.24. The van der Waals surface area contributed by atoms with Crippen molar-refractivity contribution in [1.82, 2.24) is 14.5 Å². The fraction of sp³-hybridized carbons (Fsp3) is 0.115. The number of amides is 1. The van der Waals surface area contributed by atoms with E-state index in [2.05, 4.69) is 10.3 Å². The number of benzene rings is 3. The van der Waals surface area contributed by atoms with Crippen molar-refractivity contribution >= 4 is 51.0 Å². The Hall–Kier alpha value is -4.44. The van der Waals surface area contributed by atoms with Crippen LogP contribution in [-0.4, -0.2) is 31.1 Å². The third-order valence-corrected chi connectivity index (χ3v) is 6.73. The molecule has 0 atom stereocenters. The highest BCUT2D eigenvalue weighted by Crippen LogP contribution is 2.28. The van der Waals surface area contributed by atoms with Crippen molar-refractivity contribution in [2.45, 2.75) is 19.0 Å². The molecule has 0 aliphatic heterocycles. The van der Waals surface area contributed by atoms with Crippen molar-refractivity contribution in [1.29, 1.82) is 0 Å². The number of carbonyl (C=O) groups is 1. The first kappa shape index (κ1) is 23.3. The van der Waals surface area contributed by atoms with E-state index in [1.165, 1.54) is 24.3 Å². The zero-order chi connectivity index (χ0) is 25.4. The Morgan fingerprint density at radius 1 is 1.11 bits per heavy atom. The summed E-state index contributed by atoms with van der Waals surface area (Å²) < 4.78 is 1.55. The summed E-state index contributed by atoms with van der Waals surface area (Å²) in [4.78, 5) is 44.8. The summed E-state index contributed by atoms with van der Waals surface area (Å²) in [6, 6.07) is 19.0. The summed E-state index contributed by atoms with van der Waals surface area (Å²) in [7, 11) is 0. The Labute approximate surface area is 209 Å². The van der Waals surface area contributed by atoms with Gasteiger partial charge in [-0.05, 0) is 49.2 Å². The molecule has 0 aliphatic rings. The van der Waals surface area contributed by atoms with E-state index in [1.807, 2.05) is 56.3 Å². The first-order chi connectivity index (χ1) is 17.3. The van der Waals surface area contributed by atoms with E-state index in [-0.39, 0.29) is 22.9 Å². The fourth-order valence-electron chi connectivity index (χ4n) is 4.01. The second kappa shape index (κ2) is 9.31. The maximum Gasteiger partial charge on any atom is 0.283 e. The maximum atomic E-state index is 13.7. The van der Waals surface area contributed by atoms with Crippen LogP contribution in [0, 0.1) is 24.0 Å². The molecule has 0 spiro atoms. The number of carbonyl (C=O) groups excluding carboxylic acids is 1. The topological polar surface area (TPSA) is 123 Å². The third-order valence-electron chi connectivity index (χ3n) is 5.79. The highest BCUT2D eigenvalue weighted by molar-refractivity contribution is 7.99. The molecule has 0 saturated carbocycles. The Morgan fingerprint density at radius 2 is 1.86 bits per heavy atom. The van der Waals surface area contributed by atoms with Crippen molar-refractivity contribution in [3.8, 4) is 5.69 Å². The molecule has 5 rings (SSSR count). The van der Waals surface area contributed by atoms with Crippen LogP contribution in [0.5, 0.6) is 0 Å². The van der Waals surface area contributed by atoms with Gasteiger partial charge in [-0.1, -0.05) is 42.1 Å². The molecule has 1 amide bonds. The lowest BCUT2D eigenvalue weighted by molar-refractivity contribution is -0.384. The monoisotopic (exact) mass is 499 g/mol. The number of nitro groups is 1. The molecule has 0 bridgehead atoms. The molecule has 2 heterocycles. The number of thioether (sulfide) groups is 1. The largest absolute Gasteiger partial charge is 0.349 e. The van der Waals surface area contributed by atoms with Crippen molar-refractivity contribution in [3.63, 3.8) is 0 Å². The van der Waals surface area contributed by atoms with Crippen molar-refractivity contribution in [2.24, 2.45) is 0 Å². The lowest BCUT2D eigenvalue weighted by Crippen LogP contribution is -2.23. The van der Waals surface area contributed by atoms with E-state index in [9.17, 15) is 19.7 Å². The first-order valence-corrected chi connectivity index (χ1v) is 12.1. The number of fused-ring (bicyclic) bond motifs is 3. The van der Waals surface area contributed by atoms with Gasteiger partial charge in [0.1, 0.15) is 11.0 Å². The van der Waals surface area contributed by atoms with Crippen LogP contribution < -0.4 is 10.9 Å². The Balaban J connectivity index is 1.53. The number of hydrogen-bond acceptors (Lipinski definition) is 6. The van der Waals surface area contributed by atoms with E-state index in [0.717, 1.165) is 33.8 Å². The molecular formula is C26H21N5O4S. The van der Waals surface area contributed by atoms with Gasteiger partial charge in [-0.3, -0.25) is 24.3 Å². The molecule has 2 N–H and O–H groups in total. The van der Waals surface area contributed by atoms with Crippen molar-refractivity contribution in [3.05, 3.63) is 98.3 Å². The Kier molecular flexibility index (Phi) is 6.03. The quantitative estimate of drug-likeness (QED) is 0.145. The van der Waals surface area contributed by atoms with Crippen LogP contribution in [0.3, 0.4) is 0 Å². The zero-order valence-electron chi connectivity index (χ0n) is 19.4. The maximum absolute atomic E-state index is 13.7. The van der Waals surface area contributed by atoms with Crippen LogP contribution in [-0.2, 0) is 4.79 Å². The molecule has 2 aromatic heterocycles. The van der Waals surface area contributed by atoms with Gasteiger partial charge < -0.3 is 10.3 Å². The fourth-order valence-corrected chi connectivity index (χ4v) is 4.80. The number of aryl methyl sites for hydroxylation is 2. The van der Waals surface area contributed by atoms with Gasteiger partial charge >= 0.3 is 0 Å². The number of nitro benzene ring substituents is 1. The van der Waals surface area contributed by atoms with Gasteiger partial charge in [0.15, 0.2) is 5.16 Å². The molecule has 10 heteroatoms. The van der Waals surface area contributed by atoms with Crippen molar-refractivity contribution < 1.29 is 9.72 Å². The summed E-state index contributed by atoms with van der Waals surface area (Å²) in [6.45, 7) is 3.87. The lowest BCUT2D eigenvalue weighted by Gasteiger charge is -2.15. The molecule has 3 aromatic carbocycles. The van der Waals surface area contributed by atoms with E-state index in [0.29, 0.717) is 27.6 Å². The molecule has 0 saturated heterocycles. The standard InChI is InChI=1S/C26H21N5O4S/c1-15-7-8-16(2)21(13-15)30-25(33)24-23(19-5-3-4-6-20(19)28-24)29-26(30)36-14-22(32)27-17-9-11-18(12-10-17)31(34)35/h3-13,28H,14H2,1-2H3,(H,27,32). The molecule has 9 nitrogen and oxygen atoms in total. The number of H-pyrrole nitrogens is 1. The minimum absolute atomic E-state index is 0.0118. The summed E-state index contributed by atoms with van der Waals surface area (Å²) in [5, 5.41) is 14.8. The summed E-state index contributed by atoms with van der Waals surface area (Å²) in [6.07, 6.45) is 0. The van der Waals surface area contributed by atoms with Crippen LogP contribution >= 0.6 is 11.8 Å². The van der Waals surface area contributed by atoms with Crippen LogP contribution in [0.2, 0.25) is 0 Å². The third kappa shape index (κ3) is 4.34. The zero-order valence-corrected chi connectivity index (χ0v) is 20.3. The van der Waals surface area contributed by atoms with Gasteiger partial charge in [0.25, 0.3) is 11.2 Å². The lowest BCUT2D eigenvalue weighted by atomic mass is 10.1. The second-order valence-corrected chi connectivity index (χ2v) is 9.30. The number of anilines is 1. The number of nitrogens with one attached hydrogen (secondary N) is 2. The van der Waals surface area contributed by atoms with Crippen LogP contribution in [0.15, 0.2) is 76.7 Å². The van der Waals surface area contributed by atoms with E-state index < -0.39 is 4.92 Å².